The molecular weight excluding hydrogens is 226 g/mol. The molecule has 2 aromatic rings. The number of imidazole rings is 1. The highest BCUT2D eigenvalue weighted by atomic mass is 15.3. The molecule has 0 saturated carbocycles. The van der Waals surface area contributed by atoms with Crippen molar-refractivity contribution < 1.29 is 0 Å². The first-order valence-corrected chi connectivity index (χ1v) is 6.68. The van der Waals surface area contributed by atoms with E-state index in [9.17, 15) is 0 Å². The Balaban J connectivity index is 1.79. The first kappa shape index (κ1) is 11.5. The minimum Gasteiger partial charge on any atom is -0.341 e. The summed E-state index contributed by atoms with van der Waals surface area (Å²) in [6.07, 6.45) is 9.55. The molecule has 18 heavy (non-hydrogen) atoms. The molecule has 3 heterocycles. The van der Waals surface area contributed by atoms with Gasteiger partial charge in [-0.25, -0.2) is 4.98 Å². The van der Waals surface area contributed by atoms with E-state index in [-0.39, 0.29) is 0 Å². The normalized spacial score (nSPS) is 20.2. The van der Waals surface area contributed by atoms with Crippen molar-refractivity contribution in [1.82, 2.24) is 25.1 Å². The molecule has 0 radical (unpaired) electrons. The molecule has 0 spiro atoms. The second-order valence-electron chi connectivity index (χ2n) is 4.77. The van der Waals surface area contributed by atoms with Gasteiger partial charge in [-0.15, -0.1) is 0 Å². The van der Waals surface area contributed by atoms with Crippen LogP contribution in [0.25, 0.3) is 11.3 Å². The Hall–Kier alpha value is -1.62. The average molecular weight is 245 g/mol. The number of hydrogen-bond donors (Lipinski definition) is 2. The summed E-state index contributed by atoms with van der Waals surface area (Å²) < 4.78 is 1.93. The molecule has 0 aromatic carbocycles. The van der Waals surface area contributed by atoms with Gasteiger partial charge < -0.3 is 10.3 Å². The molecule has 1 aliphatic heterocycles. The van der Waals surface area contributed by atoms with Crippen molar-refractivity contribution in [2.75, 3.05) is 6.54 Å². The number of nitrogens with one attached hydrogen (secondary N) is 2. The molecule has 1 aliphatic rings. The summed E-state index contributed by atoms with van der Waals surface area (Å²) in [5.41, 5.74) is 2.16. The molecule has 1 fully saturated rings. The van der Waals surface area contributed by atoms with Crippen molar-refractivity contribution in [2.24, 2.45) is 0 Å². The third-order valence-corrected chi connectivity index (χ3v) is 3.50. The van der Waals surface area contributed by atoms with E-state index in [4.69, 9.17) is 0 Å². The molecule has 96 valence electrons. The van der Waals surface area contributed by atoms with Crippen molar-refractivity contribution in [3.05, 3.63) is 24.4 Å². The van der Waals surface area contributed by atoms with Gasteiger partial charge in [0.25, 0.3) is 0 Å². The molecule has 5 nitrogen and oxygen atoms in total. The molecular formula is C13H19N5. The summed E-state index contributed by atoms with van der Waals surface area (Å²) in [6.45, 7) is 4.07. The monoisotopic (exact) mass is 245 g/mol. The fraction of sp³-hybridized carbons (Fsp3) is 0.538. The Kier molecular flexibility index (Phi) is 3.15. The Morgan fingerprint density at radius 3 is 3.06 bits per heavy atom. The molecule has 5 heteroatoms. The van der Waals surface area contributed by atoms with Gasteiger partial charge in [0.15, 0.2) is 0 Å². The second-order valence-corrected chi connectivity index (χ2v) is 4.77. The van der Waals surface area contributed by atoms with Crippen LogP contribution in [-0.2, 0) is 6.54 Å². The Morgan fingerprint density at radius 1 is 1.39 bits per heavy atom. The summed E-state index contributed by atoms with van der Waals surface area (Å²) >= 11 is 0. The molecule has 1 atom stereocenters. The summed E-state index contributed by atoms with van der Waals surface area (Å²) in [5, 5.41) is 7.79. The number of aromatic nitrogens is 4. The Bertz CT molecular complexity index is 507. The van der Waals surface area contributed by atoms with Gasteiger partial charge in [0, 0.05) is 18.3 Å². The third-order valence-electron chi connectivity index (χ3n) is 3.50. The molecule has 2 N–H and O–H groups in total. The van der Waals surface area contributed by atoms with Crippen LogP contribution in [0.15, 0.2) is 18.6 Å². The number of hydrogen-bond acceptors (Lipinski definition) is 3. The number of H-pyrrole nitrogens is 1. The van der Waals surface area contributed by atoms with Gasteiger partial charge in [0.05, 0.1) is 24.1 Å². The lowest BCUT2D eigenvalue weighted by Gasteiger charge is -2.21. The maximum atomic E-state index is 4.50. The molecule has 0 amide bonds. The predicted molar refractivity (Wildman–Crippen MR) is 70.1 cm³/mol. The van der Waals surface area contributed by atoms with Crippen LogP contribution in [0, 0.1) is 0 Å². The number of aryl methyl sites for hydroxylation is 1. The van der Waals surface area contributed by atoms with Gasteiger partial charge in [0.2, 0.25) is 0 Å². The smallest absolute Gasteiger partial charge is 0.123 e. The van der Waals surface area contributed by atoms with Gasteiger partial charge in [-0.1, -0.05) is 6.42 Å². The fourth-order valence-electron chi connectivity index (χ4n) is 2.42. The zero-order valence-electron chi connectivity index (χ0n) is 10.7. The zero-order valence-corrected chi connectivity index (χ0v) is 10.7. The van der Waals surface area contributed by atoms with Crippen LogP contribution < -0.4 is 5.32 Å². The summed E-state index contributed by atoms with van der Waals surface area (Å²) in [5.74, 6) is 1.05. The summed E-state index contributed by atoms with van der Waals surface area (Å²) in [6, 6.07) is 0.383. The fourth-order valence-corrected chi connectivity index (χ4v) is 2.42. The van der Waals surface area contributed by atoms with Crippen LogP contribution in [0.2, 0.25) is 0 Å². The summed E-state index contributed by atoms with van der Waals surface area (Å²) in [4.78, 5) is 7.91. The van der Waals surface area contributed by atoms with E-state index >= 15 is 0 Å². The van der Waals surface area contributed by atoms with Crippen molar-refractivity contribution >= 4 is 0 Å². The third kappa shape index (κ3) is 2.18. The highest BCUT2D eigenvalue weighted by molar-refractivity contribution is 5.56. The van der Waals surface area contributed by atoms with E-state index in [1.54, 1.807) is 0 Å². The second kappa shape index (κ2) is 4.94. The number of rotatable bonds is 3. The van der Waals surface area contributed by atoms with E-state index < -0.39 is 0 Å². The lowest BCUT2D eigenvalue weighted by Crippen LogP contribution is -2.27. The van der Waals surface area contributed by atoms with E-state index in [2.05, 4.69) is 27.3 Å². The highest BCUT2D eigenvalue weighted by Gasteiger charge is 2.18. The number of nitrogens with zero attached hydrogens (tertiary/aromatic N) is 3. The van der Waals surface area contributed by atoms with Crippen LogP contribution >= 0.6 is 0 Å². The topological polar surface area (TPSA) is 58.5 Å². The molecule has 0 aliphatic carbocycles. The van der Waals surface area contributed by atoms with Crippen LogP contribution in [0.4, 0.5) is 0 Å². The predicted octanol–water partition coefficient (Wildman–Crippen LogP) is 2.11. The maximum Gasteiger partial charge on any atom is 0.123 e. The van der Waals surface area contributed by atoms with Gasteiger partial charge >= 0.3 is 0 Å². The van der Waals surface area contributed by atoms with Crippen LogP contribution in [0.3, 0.4) is 0 Å². The first-order chi connectivity index (χ1) is 8.86. The van der Waals surface area contributed by atoms with Gasteiger partial charge in [-0.05, 0) is 26.3 Å². The van der Waals surface area contributed by atoms with E-state index in [0.717, 1.165) is 30.2 Å². The van der Waals surface area contributed by atoms with Crippen LogP contribution in [0.5, 0.6) is 0 Å². The van der Waals surface area contributed by atoms with Crippen LogP contribution in [0.1, 0.15) is 38.1 Å². The van der Waals surface area contributed by atoms with Crippen molar-refractivity contribution in [2.45, 2.75) is 38.8 Å². The van der Waals surface area contributed by atoms with Crippen molar-refractivity contribution in [3.8, 4) is 11.3 Å². The van der Waals surface area contributed by atoms with Gasteiger partial charge in [-0.2, -0.15) is 5.10 Å². The Morgan fingerprint density at radius 2 is 2.33 bits per heavy atom. The molecule has 1 saturated heterocycles. The van der Waals surface area contributed by atoms with Gasteiger partial charge in [-0.3, -0.25) is 4.68 Å². The SMILES string of the molecule is CCn1cc(-c2cnc(C3CCCCN3)[nH]2)cn1. The molecule has 3 rings (SSSR count). The minimum absolute atomic E-state index is 0.383. The largest absolute Gasteiger partial charge is 0.341 e. The van der Waals surface area contributed by atoms with Crippen LogP contribution in [-0.4, -0.2) is 26.3 Å². The van der Waals surface area contributed by atoms with E-state index in [0.29, 0.717) is 6.04 Å². The quantitative estimate of drug-likeness (QED) is 0.870. The molecule has 0 bridgehead atoms. The molecule has 2 aromatic heterocycles. The van der Waals surface area contributed by atoms with E-state index in [1.165, 1.54) is 19.3 Å². The van der Waals surface area contributed by atoms with Crippen molar-refractivity contribution in [1.29, 1.82) is 0 Å². The lowest BCUT2D eigenvalue weighted by molar-refractivity contribution is 0.399. The Labute approximate surface area is 107 Å². The minimum atomic E-state index is 0.383. The highest BCUT2D eigenvalue weighted by Crippen LogP contribution is 2.23. The average Bonchev–Trinajstić information content (AvgIpc) is 3.08. The first-order valence-electron chi connectivity index (χ1n) is 6.68. The van der Waals surface area contributed by atoms with Crippen molar-refractivity contribution in [3.63, 3.8) is 0 Å². The lowest BCUT2D eigenvalue weighted by atomic mass is 10.0. The zero-order chi connectivity index (χ0) is 12.4. The van der Waals surface area contributed by atoms with E-state index in [1.807, 2.05) is 23.3 Å². The van der Waals surface area contributed by atoms with Gasteiger partial charge in [0.1, 0.15) is 5.82 Å². The number of piperidine rings is 1. The maximum absolute atomic E-state index is 4.50. The number of aromatic amines is 1. The standard InChI is InChI=1S/C13H19N5/c1-2-18-9-10(7-16-18)12-8-15-13(17-12)11-5-3-4-6-14-11/h7-9,11,14H,2-6H2,1H3,(H,15,17). The molecule has 1 unspecified atom stereocenters. The summed E-state index contributed by atoms with van der Waals surface area (Å²) in [7, 11) is 0.